The molecule has 3 nitrogen and oxygen atoms in total. The highest BCUT2D eigenvalue weighted by atomic mass is 28.4. The van der Waals surface area contributed by atoms with Crippen molar-refractivity contribution in [1.29, 1.82) is 0 Å². The quantitative estimate of drug-likeness (QED) is 0.653. The average molecular weight is 304 g/mol. The molecule has 1 rings (SSSR count). The van der Waals surface area contributed by atoms with Crippen LogP contribution in [0, 0.1) is 11.6 Å². The van der Waals surface area contributed by atoms with Crippen LogP contribution in [-0.4, -0.2) is 28.6 Å². The molecule has 0 aliphatic heterocycles. The molecule has 0 atom stereocenters. The van der Waals surface area contributed by atoms with E-state index in [9.17, 15) is 8.78 Å². The zero-order chi connectivity index (χ0) is 15.0. The highest BCUT2D eigenvalue weighted by Crippen LogP contribution is 2.20. The summed E-state index contributed by atoms with van der Waals surface area (Å²) < 4.78 is 43.2. The fourth-order valence-corrected chi connectivity index (χ4v) is 4.59. The van der Waals surface area contributed by atoms with Crippen molar-refractivity contribution < 1.29 is 22.1 Å². The van der Waals surface area contributed by atoms with E-state index in [4.69, 9.17) is 13.3 Å². The first-order chi connectivity index (χ1) is 9.56. The van der Waals surface area contributed by atoms with Gasteiger partial charge in [0.2, 0.25) is 0 Å². The second-order valence-electron chi connectivity index (χ2n) is 4.23. The topological polar surface area (TPSA) is 27.7 Å². The number of aryl methyl sites for hydroxylation is 1. The van der Waals surface area contributed by atoms with Crippen molar-refractivity contribution in [2.45, 2.75) is 33.2 Å². The Hall–Kier alpha value is -0.823. The molecule has 0 aliphatic carbocycles. The molecule has 0 saturated heterocycles. The minimum atomic E-state index is -2.73. The SMILES string of the molecule is CCO[Si](CCc1ccc(F)c(F)c1)(OCC)OCC. The molecular formula is C14H22F2O3Si. The van der Waals surface area contributed by atoms with Gasteiger partial charge in [-0.15, -0.1) is 0 Å². The molecule has 0 heterocycles. The fourth-order valence-electron chi connectivity index (χ4n) is 1.99. The molecule has 0 bridgehead atoms. The smallest absolute Gasteiger partial charge is 0.374 e. The standard InChI is InChI=1S/C14H22F2O3Si/c1-4-17-20(18-5-2,19-6-3)10-9-12-7-8-13(15)14(16)11-12/h7-8,11H,4-6,9-10H2,1-3H3. The van der Waals surface area contributed by atoms with Crippen LogP contribution in [0.25, 0.3) is 0 Å². The number of hydrogen-bond acceptors (Lipinski definition) is 3. The molecule has 0 spiro atoms. The summed E-state index contributed by atoms with van der Waals surface area (Å²) in [7, 11) is -2.73. The van der Waals surface area contributed by atoms with Gasteiger partial charge in [-0.05, 0) is 44.9 Å². The lowest BCUT2D eigenvalue weighted by molar-refractivity contribution is 0.0714. The van der Waals surface area contributed by atoms with E-state index in [0.717, 1.165) is 6.07 Å². The Bertz CT molecular complexity index is 398. The van der Waals surface area contributed by atoms with Crippen LogP contribution in [0.5, 0.6) is 0 Å². The monoisotopic (exact) mass is 304 g/mol. The van der Waals surface area contributed by atoms with E-state index in [-0.39, 0.29) is 0 Å². The molecule has 1 aromatic carbocycles. The van der Waals surface area contributed by atoms with Gasteiger partial charge >= 0.3 is 8.80 Å². The molecule has 0 saturated carbocycles. The molecule has 0 N–H and O–H groups in total. The van der Waals surface area contributed by atoms with Crippen LogP contribution in [0.2, 0.25) is 6.04 Å². The molecule has 0 unspecified atom stereocenters. The molecule has 6 heteroatoms. The Labute approximate surface area is 120 Å². The zero-order valence-electron chi connectivity index (χ0n) is 12.2. The lowest BCUT2D eigenvalue weighted by atomic mass is 10.2. The van der Waals surface area contributed by atoms with Crippen LogP contribution < -0.4 is 0 Å². The van der Waals surface area contributed by atoms with Gasteiger partial charge in [-0.3, -0.25) is 0 Å². The van der Waals surface area contributed by atoms with Crippen LogP contribution in [0.4, 0.5) is 8.78 Å². The Balaban J connectivity index is 2.75. The van der Waals surface area contributed by atoms with E-state index >= 15 is 0 Å². The number of rotatable bonds is 9. The summed E-state index contributed by atoms with van der Waals surface area (Å²) >= 11 is 0. The number of halogens is 2. The van der Waals surface area contributed by atoms with Crippen LogP contribution >= 0.6 is 0 Å². The van der Waals surface area contributed by atoms with E-state index < -0.39 is 20.4 Å². The summed E-state index contributed by atoms with van der Waals surface area (Å²) in [5, 5.41) is 0. The lowest BCUT2D eigenvalue weighted by Crippen LogP contribution is -2.46. The summed E-state index contributed by atoms with van der Waals surface area (Å²) in [5.74, 6) is -1.67. The maximum absolute atomic E-state index is 13.2. The first-order valence-corrected chi connectivity index (χ1v) is 8.85. The summed E-state index contributed by atoms with van der Waals surface area (Å²) in [5.41, 5.74) is 0.708. The maximum Gasteiger partial charge on any atom is 0.501 e. The highest BCUT2D eigenvalue weighted by Gasteiger charge is 2.39. The largest absolute Gasteiger partial charge is 0.501 e. The van der Waals surface area contributed by atoms with Gasteiger partial charge in [-0.2, -0.15) is 0 Å². The molecule has 1 aromatic rings. The van der Waals surface area contributed by atoms with E-state index in [1.807, 2.05) is 20.8 Å². The second kappa shape index (κ2) is 8.46. The van der Waals surface area contributed by atoms with Crippen molar-refractivity contribution in [2.24, 2.45) is 0 Å². The Morgan fingerprint density at radius 2 is 1.45 bits per heavy atom. The summed E-state index contributed by atoms with van der Waals surface area (Å²) in [6, 6.07) is 4.46. The van der Waals surface area contributed by atoms with Crippen molar-refractivity contribution in [3.63, 3.8) is 0 Å². The van der Waals surface area contributed by atoms with E-state index in [2.05, 4.69) is 0 Å². The number of hydrogen-bond donors (Lipinski definition) is 0. The van der Waals surface area contributed by atoms with Crippen LogP contribution in [0.15, 0.2) is 18.2 Å². The van der Waals surface area contributed by atoms with Crippen molar-refractivity contribution >= 4 is 8.80 Å². The molecule has 114 valence electrons. The third kappa shape index (κ3) is 4.94. The molecular weight excluding hydrogens is 282 g/mol. The van der Waals surface area contributed by atoms with Gasteiger partial charge in [0.15, 0.2) is 11.6 Å². The maximum atomic E-state index is 13.2. The van der Waals surface area contributed by atoms with Gasteiger partial charge < -0.3 is 13.3 Å². The first kappa shape index (κ1) is 17.2. The molecule has 0 fully saturated rings. The van der Waals surface area contributed by atoms with E-state index in [0.29, 0.717) is 37.8 Å². The molecule has 0 radical (unpaired) electrons. The summed E-state index contributed by atoms with van der Waals surface area (Å²) in [6.07, 6.45) is 0.531. The normalized spacial score (nSPS) is 11.8. The first-order valence-electron chi connectivity index (χ1n) is 6.92. The second-order valence-corrected chi connectivity index (χ2v) is 6.96. The van der Waals surface area contributed by atoms with Gasteiger partial charge in [0.1, 0.15) is 0 Å². The van der Waals surface area contributed by atoms with Crippen molar-refractivity contribution in [2.75, 3.05) is 19.8 Å². The minimum Gasteiger partial charge on any atom is -0.374 e. The predicted octanol–water partition coefficient (Wildman–Crippen LogP) is 3.56. The van der Waals surface area contributed by atoms with E-state index in [1.165, 1.54) is 6.07 Å². The molecule has 0 aliphatic rings. The fraction of sp³-hybridized carbons (Fsp3) is 0.571. The molecule has 0 amide bonds. The van der Waals surface area contributed by atoms with Crippen LogP contribution in [-0.2, 0) is 19.7 Å². The van der Waals surface area contributed by atoms with E-state index in [1.54, 1.807) is 6.07 Å². The van der Waals surface area contributed by atoms with Gasteiger partial charge in [-0.1, -0.05) is 6.07 Å². The van der Waals surface area contributed by atoms with Crippen LogP contribution in [0.3, 0.4) is 0 Å². The summed E-state index contributed by atoms with van der Waals surface area (Å²) in [6.45, 7) is 7.17. The third-order valence-corrected chi connectivity index (χ3v) is 5.84. The van der Waals surface area contributed by atoms with Gasteiger partial charge in [0, 0.05) is 25.9 Å². The van der Waals surface area contributed by atoms with Gasteiger partial charge in [0.25, 0.3) is 0 Å². The summed E-state index contributed by atoms with van der Waals surface area (Å²) in [4.78, 5) is 0. The Morgan fingerprint density at radius 1 is 0.900 bits per heavy atom. The predicted molar refractivity (Wildman–Crippen MR) is 75.5 cm³/mol. The van der Waals surface area contributed by atoms with Gasteiger partial charge in [-0.25, -0.2) is 8.78 Å². The Morgan fingerprint density at radius 3 is 1.90 bits per heavy atom. The Kier molecular flexibility index (Phi) is 7.29. The van der Waals surface area contributed by atoms with Crippen molar-refractivity contribution in [3.05, 3.63) is 35.4 Å². The molecule has 20 heavy (non-hydrogen) atoms. The highest BCUT2D eigenvalue weighted by molar-refractivity contribution is 6.60. The zero-order valence-corrected chi connectivity index (χ0v) is 13.2. The minimum absolute atomic E-state index is 0.504. The van der Waals surface area contributed by atoms with Crippen molar-refractivity contribution in [1.82, 2.24) is 0 Å². The molecule has 0 aromatic heterocycles. The lowest BCUT2D eigenvalue weighted by Gasteiger charge is -2.28. The van der Waals surface area contributed by atoms with Gasteiger partial charge in [0.05, 0.1) is 0 Å². The number of benzene rings is 1. The van der Waals surface area contributed by atoms with Crippen molar-refractivity contribution in [3.8, 4) is 0 Å². The average Bonchev–Trinajstić information content (AvgIpc) is 2.41. The van der Waals surface area contributed by atoms with Crippen LogP contribution in [0.1, 0.15) is 26.3 Å². The third-order valence-electron chi connectivity index (χ3n) is 2.80.